The molecule has 1 aromatic carbocycles. The molecule has 0 saturated heterocycles. The molecule has 2 aromatic rings. The highest BCUT2D eigenvalue weighted by Crippen LogP contribution is 2.26. The summed E-state index contributed by atoms with van der Waals surface area (Å²) >= 11 is 1.89. The summed E-state index contributed by atoms with van der Waals surface area (Å²) in [5.41, 5.74) is 6.89. The van der Waals surface area contributed by atoms with Gasteiger partial charge in [0.2, 0.25) is 11.9 Å². The smallest absolute Gasteiger partial charge is 0.242 e. The molecule has 1 amide bonds. The lowest BCUT2D eigenvalue weighted by molar-refractivity contribution is -0.123. The van der Waals surface area contributed by atoms with E-state index in [4.69, 9.17) is 5.73 Å². The summed E-state index contributed by atoms with van der Waals surface area (Å²) in [6.07, 6.45) is 0. The van der Waals surface area contributed by atoms with Gasteiger partial charge in [0.25, 0.3) is 0 Å². The maximum Gasteiger partial charge on any atom is 0.242 e. The van der Waals surface area contributed by atoms with Gasteiger partial charge in [-0.15, -0.1) is 0 Å². The van der Waals surface area contributed by atoms with Crippen molar-refractivity contribution in [3.05, 3.63) is 21.5 Å². The van der Waals surface area contributed by atoms with Crippen molar-refractivity contribution in [1.82, 2.24) is 14.9 Å². The average Bonchev–Trinajstić information content (AvgIpc) is 2.63. The Kier molecular flexibility index (Phi) is 3.42. The summed E-state index contributed by atoms with van der Waals surface area (Å²) < 4.78 is 15.6. The molecule has 0 bridgehead atoms. The number of anilines is 1. The molecule has 2 rings (SSSR count). The van der Waals surface area contributed by atoms with Crippen molar-refractivity contribution in [2.45, 2.75) is 13.0 Å². The number of hydrogen-bond donors (Lipinski definition) is 2. The zero-order valence-corrected chi connectivity index (χ0v) is 12.0. The fourth-order valence-electron chi connectivity index (χ4n) is 1.84. The quantitative estimate of drug-likeness (QED) is 0.799. The third-order valence-electron chi connectivity index (χ3n) is 2.77. The number of carbonyl (C=O) groups excluding carboxylic acids is 1. The number of nitrogens with two attached hydrogens (primary N) is 1. The number of halogens is 2. The Labute approximate surface area is 117 Å². The molecule has 7 heteroatoms. The van der Waals surface area contributed by atoms with Crippen LogP contribution in [0.2, 0.25) is 0 Å². The van der Waals surface area contributed by atoms with Crippen molar-refractivity contribution in [3.8, 4) is 0 Å². The molecule has 0 fully saturated rings. The summed E-state index contributed by atoms with van der Waals surface area (Å²) in [5.74, 6) is -0.365. The van der Waals surface area contributed by atoms with Crippen molar-refractivity contribution >= 4 is 45.5 Å². The van der Waals surface area contributed by atoms with Crippen LogP contribution in [0.3, 0.4) is 0 Å². The monoisotopic (exact) mass is 362 g/mol. The van der Waals surface area contributed by atoms with E-state index >= 15 is 0 Å². The molecule has 96 valence electrons. The van der Waals surface area contributed by atoms with Crippen molar-refractivity contribution in [3.63, 3.8) is 0 Å². The number of imidazole rings is 1. The molecule has 3 N–H and O–H groups in total. The summed E-state index contributed by atoms with van der Waals surface area (Å²) in [6, 6.07) is 2.41. The lowest BCUT2D eigenvalue weighted by Gasteiger charge is -2.14. The lowest BCUT2D eigenvalue weighted by atomic mass is 10.2. The number of rotatable bonds is 2. The first kappa shape index (κ1) is 13.1. The van der Waals surface area contributed by atoms with Crippen molar-refractivity contribution in [2.24, 2.45) is 0 Å². The molecule has 1 atom stereocenters. The minimum atomic E-state index is -0.542. The minimum absolute atomic E-state index is 0.197. The van der Waals surface area contributed by atoms with Gasteiger partial charge in [-0.05, 0) is 35.6 Å². The van der Waals surface area contributed by atoms with Gasteiger partial charge in [-0.3, -0.25) is 9.36 Å². The number of nitrogens with one attached hydrogen (secondary N) is 1. The first-order chi connectivity index (χ1) is 8.45. The maximum absolute atomic E-state index is 13.6. The van der Waals surface area contributed by atoms with E-state index in [1.807, 2.05) is 22.6 Å². The number of nitrogen functional groups attached to an aromatic ring is 1. The highest BCUT2D eigenvalue weighted by Gasteiger charge is 2.20. The molecule has 1 unspecified atom stereocenters. The minimum Gasteiger partial charge on any atom is -0.369 e. The number of hydrogen-bond acceptors (Lipinski definition) is 3. The van der Waals surface area contributed by atoms with Crippen LogP contribution in [0.5, 0.6) is 0 Å². The van der Waals surface area contributed by atoms with E-state index in [-0.39, 0.29) is 17.7 Å². The van der Waals surface area contributed by atoms with Crippen LogP contribution in [0, 0.1) is 9.39 Å². The fraction of sp³-hybridized carbons (Fsp3) is 0.273. The van der Waals surface area contributed by atoms with Gasteiger partial charge in [-0.25, -0.2) is 9.37 Å². The van der Waals surface area contributed by atoms with Crippen LogP contribution in [-0.4, -0.2) is 22.5 Å². The fourth-order valence-corrected chi connectivity index (χ4v) is 2.29. The van der Waals surface area contributed by atoms with Crippen LogP contribution in [0.25, 0.3) is 11.0 Å². The number of fused-ring (bicyclic) bond motifs is 1. The van der Waals surface area contributed by atoms with E-state index in [1.165, 1.54) is 17.7 Å². The van der Waals surface area contributed by atoms with Gasteiger partial charge in [0.15, 0.2) is 0 Å². The van der Waals surface area contributed by atoms with E-state index in [0.717, 1.165) is 0 Å². The van der Waals surface area contributed by atoms with Crippen LogP contribution >= 0.6 is 22.6 Å². The number of benzene rings is 1. The average molecular weight is 362 g/mol. The second-order valence-corrected chi connectivity index (χ2v) is 5.05. The number of aromatic nitrogens is 2. The summed E-state index contributed by atoms with van der Waals surface area (Å²) in [5, 5.41) is 2.53. The van der Waals surface area contributed by atoms with Crippen molar-refractivity contribution < 1.29 is 9.18 Å². The molecular weight excluding hydrogens is 350 g/mol. The van der Waals surface area contributed by atoms with E-state index in [0.29, 0.717) is 14.6 Å². The molecule has 0 saturated carbocycles. The Morgan fingerprint density at radius 1 is 1.61 bits per heavy atom. The third-order valence-corrected chi connectivity index (χ3v) is 3.60. The van der Waals surface area contributed by atoms with Crippen LogP contribution < -0.4 is 11.1 Å². The second kappa shape index (κ2) is 4.71. The topological polar surface area (TPSA) is 72.9 Å². The Morgan fingerprint density at radius 3 is 2.89 bits per heavy atom. The van der Waals surface area contributed by atoms with Gasteiger partial charge in [-0.2, -0.15) is 0 Å². The number of nitrogens with zero attached hydrogens (tertiary/aromatic N) is 2. The summed E-state index contributed by atoms with van der Waals surface area (Å²) in [7, 11) is 1.54. The highest BCUT2D eigenvalue weighted by molar-refractivity contribution is 14.1. The SMILES string of the molecule is CNC(=O)C(C)n1c(N)nc2cc(I)c(F)cc21. The van der Waals surface area contributed by atoms with Crippen LogP contribution in [0.4, 0.5) is 10.3 Å². The van der Waals surface area contributed by atoms with Gasteiger partial charge in [-0.1, -0.05) is 0 Å². The molecule has 0 aliphatic rings. The van der Waals surface area contributed by atoms with E-state index < -0.39 is 6.04 Å². The van der Waals surface area contributed by atoms with Crippen molar-refractivity contribution in [2.75, 3.05) is 12.8 Å². The summed E-state index contributed by atoms with van der Waals surface area (Å²) in [4.78, 5) is 15.8. The third kappa shape index (κ3) is 2.02. The van der Waals surface area contributed by atoms with Gasteiger partial charge in [0, 0.05) is 13.1 Å². The molecule has 1 aromatic heterocycles. The Bertz CT molecular complexity index is 625. The number of carbonyl (C=O) groups is 1. The molecule has 1 heterocycles. The molecule has 5 nitrogen and oxygen atoms in total. The first-order valence-electron chi connectivity index (χ1n) is 5.29. The van der Waals surface area contributed by atoms with Crippen LogP contribution in [0.1, 0.15) is 13.0 Å². The normalized spacial score (nSPS) is 12.7. The van der Waals surface area contributed by atoms with Crippen molar-refractivity contribution in [1.29, 1.82) is 0 Å². The highest BCUT2D eigenvalue weighted by atomic mass is 127. The number of amides is 1. The second-order valence-electron chi connectivity index (χ2n) is 3.89. The molecule has 0 aliphatic carbocycles. The van der Waals surface area contributed by atoms with E-state index in [9.17, 15) is 9.18 Å². The number of likely N-dealkylation sites (N-methyl/N-ethyl adjacent to an activating group) is 1. The predicted molar refractivity (Wildman–Crippen MR) is 75.6 cm³/mol. The van der Waals surface area contributed by atoms with Gasteiger partial charge in [0.1, 0.15) is 11.9 Å². The Morgan fingerprint density at radius 2 is 2.28 bits per heavy atom. The van der Waals surface area contributed by atoms with E-state index in [1.54, 1.807) is 13.0 Å². The predicted octanol–water partition coefficient (Wildman–Crippen LogP) is 1.67. The molecule has 0 radical (unpaired) electrons. The van der Waals surface area contributed by atoms with Crippen LogP contribution in [-0.2, 0) is 4.79 Å². The van der Waals surface area contributed by atoms with Gasteiger partial charge >= 0.3 is 0 Å². The largest absolute Gasteiger partial charge is 0.369 e. The Hall–Kier alpha value is -1.38. The summed E-state index contributed by atoms with van der Waals surface area (Å²) in [6.45, 7) is 1.69. The molecule has 0 aliphatic heterocycles. The first-order valence-corrected chi connectivity index (χ1v) is 6.37. The molecule has 18 heavy (non-hydrogen) atoms. The zero-order valence-electron chi connectivity index (χ0n) is 9.87. The van der Waals surface area contributed by atoms with Gasteiger partial charge < -0.3 is 11.1 Å². The maximum atomic E-state index is 13.6. The molecular formula is C11H12FIN4O. The standard InChI is InChI=1S/C11H12FIN4O/c1-5(10(18)15-2)17-9-3-6(12)7(13)4-8(9)16-11(17)14/h3-5H,1-2H3,(H2,14,16)(H,15,18). The Balaban J connectivity index is 2.67. The molecule has 0 spiro atoms. The zero-order chi connectivity index (χ0) is 13.4. The van der Waals surface area contributed by atoms with Crippen LogP contribution in [0.15, 0.2) is 12.1 Å². The van der Waals surface area contributed by atoms with Gasteiger partial charge in [0.05, 0.1) is 14.6 Å². The lowest BCUT2D eigenvalue weighted by Crippen LogP contribution is -2.28. The van der Waals surface area contributed by atoms with E-state index in [2.05, 4.69) is 10.3 Å².